The van der Waals surface area contributed by atoms with Crippen molar-refractivity contribution in [3.63, 3.8) is 0 Å². The van der Waals surface area contributed by atoms with E-state index in [1.54, 1.807) is 20.3 Å². The molecule has 1 atom stereocenters. The van der Waals surface area contributed by atoms with Gasteiger partial charge >= 0.3 is 0 Å². The maximum Gasteiger partial charge on any atom is 0.247 e. The normalized spacial score (nSPS) is 16.4. The molecule has 1 N–H and O–H groups in total. The number of carbonyl (C=O) groups is 2. The number of amidine groups is 1. The molecule has 7 nitrogen and oxygen atoms in total. The molecule has 1 fully saturated rings. The van der Waals surface area contributed by atoms with E-state index in [9.17, 15) is 14.0 Å². The Morgan fingerprint density at radius 1 is 1.19 bits per heavy atom. The zero-order chi connectivity index (χ0) is 23.1. The van der Waals surface area contributed by atoms with E-state index < -0.39 is 22.9 Å². The lowest BCUT2D eigenvalue weighted by atomic mass is 10.1. The van der Waals surface area contributed by atoms with Crippen molar-refractivity contribution >= 4 is 34.4 Å². The van der Waals surface area contributed by atoms with E-state index in [1.165, 1.54) is 30.0 Å². The lowest BCUT2D eigenvalue weighted by Crippen LogP contribution is -2.33. The van der Waals surface area contributed by atoms with Gasteiger partial charge in [-0.3, -0.25) is 14.6 Å². The first-order valence-electron chi connectivity index (χ1n) is 10.3. The summed E-state index contributed by atoms with van der Waals surface area (Å²) in [6.45, 7) is 3.03. The Morgan fingerprint density at radius 2 is 1.94 bits per heavy atom. The predicted molar refractivity (Wildman–Crippen MR) is 124 cm³/mol. The Hall–Kier alpha value is -3.07. The first-order valence-corrected chi connectivity index (χ1v) is 11.1. The molecule has 0 radical (unpaired) electrons. The molecule has 1 saturated heterocycles. The molecule has 2 aromatic carbocycles. The van der Waals surface area contributed by atoms with Gasteiger partial charge in [-0.2, -0.15) is 0 Å². The highest BCUT2D eigenvalue weighted by atomic mass is 32.2. The monoisotopic (exact) mass is 459 g/mol. The summed E-state index contributed by atoms with van der Waals surface area (Å²) in [5, 5.41) is 3.08. The van der Waals surface area contributed by atoms with E-state index >= 15 is 0 Å². The Kier molecular flexibility index (Phi) is 8.10. The lowest BCUT2D eigenvalue weighted by Gasteiger charge is -2.16. The molecular formula is C23H26FN3O4S. The van der Waals surface area contributed by atoms with Crippen LogP contribution in [0.4, 0.5) is 10.1 Å². The molecule has 1 aliphatic rings. The molecule has 2 aromatic rings. The fourth-order valence-corrected chi connectivity index (χ4v) is 4.42. The number of carbonyl (C=O) groups excluding carboxylic acids is 2. The van der Waals surface area contributed by atoms with E-state index in [0.717, 1.165) is 10.5 Å². The number of rotatable bonds is 8. The highest BCUT2D eigenvalue weighted by molar-refractivity contribution is 8.15. The van der Waals surface area contributed by atoms with E-state index in [-0.39, 0.29) is 12.1 Å². The van der Waals surface area contributed by atoms with Crippen molar-refractivity contribution in [3.05, 3.63) is 53.8 Å². The second kappa shape index (κ2) is 11.0. The molecule has 0 spiro atoms. The minimum absolute atomic E-state index is 0.00206. The van der Waals surface area contributed by atoms with Gasteiger partial charge in [-0.15, -0.1) is 0 Å². The number of benzene rings is 2. The van der Waals surface area contributed by atoms with Crippen LogP contribution in [0, 0.1) is 5.82 Å². The van der Waals surface area contributed by atoms with Gasteiger partial charge in [0.25, 0.3) is 0 Å². The number of aliphatic imine (C=N–C) groups is 1. The molecule has 170 valence electrons. The third kappa shape index (κ3) is 5.40. The smallest absolute Gasteiger partial charge is 0.247 e. The zero-order valence-electron chi connectivity index (χ0n) is 18.3. The molecule has 3 rings (SSSR count). The number of amides is 2. The average Bonchev–Trinajstić information content (AvgIpc) is 3.06. The van der Waals surface area contributed by atoms with Crippen molar-refractivity contribution in [1.82, 2.24) is 5.32 Å². The number of nitrogens with one attached hydrogen (secondary N) is 1. The number of thioether (sulfide) groups is 1. The van der Waals surface area contributed by atoms with Crippen molar-refractivity contribution < 1.29 is 23.5 Å². The largest absolute Gasteiger partial charge is 0.493 e. The highest BCUT2D eigenvalue weighted by Gasteiger charge is 2.41. The molecule has 0 unspecified atom stereocenters. The Morgan fingerprint density at radius 3 is 2.62 bits per heavy atom. The summed E-state index contributed by atoms with van der Waals surface area (Å²) in [5.41, 5.74) is 1.02. The number of hydrogen-bond donors (Lipinski definition) is 1. The lowest BCUT2D eigenvalue weighted by molar-refractivity contribution is -0.121. The summed E-state index contributed by atoms with van der Waals surface area (Å²) < 4.78 is 24.7. The molecule has 1 aliphatic heterocycles. The molecule has 0 aromatic heterocycles. The van der Waals surface area contributed by atoms with Gasteiger partial charge in [-0.05, 0) is 43.2 Å². The third-order valence-corrected chi connectivity index (χ3v) is 6.03. The van der Waals surface area contributed by atoms with Crippen molar-refractivity contribution in [3.8, 4) is 11.5 Å². The van der Waals surface area contributed by atoms with Crippen LogP contribution in [0.3, 0.4) is 0 Å². The van der Waals surface area contributed by atoms with Gasteiger partial charge in [0.1, 0.15) is 11.1 Å². The van der Waals surface area contributed by atoms with Crippen LogP contribution in [-0.2, 0) is 16.0 Å². The molecule has 9 heteroatoms. The number of nitrogens with zero attached hydrogens (tertiary/aromatic N) is 2. The number of halogens is 1. The van der Waals surface area contributed by atoms with Crippen LogP contribution in [0.2, 0.25) is 0 Å². The second-order valence-electron chi connectivity index (χ2n) is 6.99. The average molecular weight is 460 g/mol. The van der Waals surface area contributed by atoms with Gasteiger partial charge in [0.2, 0.25) is 11.8 Å². The van der Waals surface area contributed by atoms with E-state index in [2.05, 4.69) is 10.3 Å². The van der Waals surface area contributed by atoms with Gasteiger partial charge < -0.3 is 14.8 Å². The van der Waals surface area contributed by atoms with Crippen LogP contribution in [-0.4, -0.2) is 49.5 Å². The van der Waals surface area contributed by atoms with Gasteiger partial charge in [0, 0.05) is 19.5 Å². The Balaban J connectivity index is 1.67. The van der Waals surface area contributed by atoms with E-state index in [0.29, 0.717) is 36.2 Å². The second-order valence-corrected chi connectivity index (χ2v) is 8.18. The zero-order valence-corrected chi connectivity index (χ0v) is 19.1. The van der Waals surface area contributed by atoms with Crippen molar-refractivity contribution in [2.24, 2.45) is 4.99 Å². The number of hydrogen-bond acceptors (Lipinski definition) is 6. The Bertz CT molecular complexity index is 1010. The first-order chi connectivity index (χ1) is 15.5. The van der Waals surface area contributed by atoms with Gasteiger partial charge in [0.05, 0.1) is 19.9 Å². The van der Waals surface area contributed by atoms with Crippen molar-refractivity contribution in [1.29, 1.82) is 0 Å². The van der Waals surface area contributed by atoms with Crippen LogP contribution in [0.15, 0.2) is 47.5 Å². The molecule has 0 saturated carbocycles. The number of methoxy groups -OCH3 is 2. The summed E-state index contributed by atoms with van der Waals surface area (Å²) in [7, 11) is 3.17. The van der Waals surface area contributed by atoms with Crippen molar-refractivity contribution in [2.75, 3.05) is 32.2 Å². The molecule has 0 bridgehead atoms. The standard InChI is InChI=1S/C23H26FN3O4S/c1-4-25-23(26-12-11-15-9-10-18(30-2)19(13-15)31-3)32-20-14-21(28)27(22(20)29)17-8-6-5-7-16(17)24/h5-10,13,20H,4,11-12,14H2,1-3H3,(H,25,26)/t20-/m1/s1. The highest BCUT2D eigenvalue weighted by Crippen LogP contribution is 2.31. The summed E-state index contributed by atoms with van der Waals surface area (Å²) in [5.74, 6) is -0.143. The summed E-state index contributed by atoms with van der Waals surface area (Å²) in [4.78, 5) is 30.8. The first kappa shape index (κ1) is 23.6. The number of imide groups is 1. The van der Waals surface area contributed by atoms with Gasteiger partial charge in [0.15, 0.2) is 16.7 Å². The molecular weight excluding hydrogens is 433 g/mol. The van der Waals surface area contributed by atoms with Gasteiger partial charge in [-0.25, -0.2) is 9.29 Å². The van der Waals surface area contributed by atoms with Crippen LogP contribution in [0.25, 0.3) is 0 Å². The van der Waals surface area contributed by atoms with E-state index in [1.807, 2.05) is 25.1 Å². The number of anilines is 1. The summed E-state index contributed by atoms with van der Waals surface area (Å²) in [6, 6.07) is 11.5. The summed E-state index contributed by atoms with van der Waals surface area (Å²) >= 11 is 1.20. The summed E-state index contributed by atoms with van der Waals surface area (Å²) in [6.07, 6.45) is 0.659. The van der Waals surface area contributed by atoms with E-state index in [4.69, 9.17) is 9.47 Å². The Labute approximate surface area is 191 Å². The number of ether oxygens (including phenoxy) is 2. The van der Waals surface area contributed by atoms with Crippen molar-refractivity contribution in [2.45, 2.75) is 25.0 Å². The van der Waals surface area contributed by atoms with Gasteiger partial charge in [-0.1, -0.05) is 30.0 Å². The maximum absolute atomic E-state index is 14.1. The third-order valence-electron chi connectivity index (χ3n) is 4.88. The fraction of sp³-hybridized carbons (Fsp3) is 0.348. The number of para-hydroxylation sites is 1. The molecule has 0 aliphatic carbocycles. The molecule has 2 amide bonds. The maximum atomic E-state index is 14.1. The van der Waals surface area contributed by atoms with Crippen LogP contribution in [0.5, 0.6) is 11.5 Å². The SMILES string of the molecule is CCNC(=NCCc1ccc(OC)c(OC)c1)S[C@@H]1CC(=O)N(c2ccccc2F)C1=O. The van der Waals surface area contributed by atoms with Crippen LogP contribution >= 0.6 is 11.8 Å². The molecule has 32 heavy (non-hydrogen) atoms. The quantitative estimate of drug-likeness (QED) is 0.370. The minimum Gasteiger partial charge on any atom is -0.493 e. The topological polar surface area (TPSA) is 80.2 Å². The minimum atomic E-state index is -0.652. The van der Waals surface area contributed by atoms with Crippen LogP contribution < -0.4 is 19.7 Å². The fourth-order valence-electron chi connectivity index (χ4n) is 3.33. The predicted octanol–water partition coefficient (Wildman–Crippen LogP) is 3.42. The molecule has 1 heterocycles. The van der Waals surface area contributed by atoms with Crippen LogP contribution in [0.1, 0.15) is 18.9 Å².